The van der Waals surface area contributed by atoms with E-state index in [1.165, 1.54) is 5.56 Å². The number of benzene rings is 3. The van der Waals surface area contributed by atoms with Crippen LogP contribution in [0.2, 0.25) is 0 Å². The summed E-state index contributed by atoms with van der Waals surface area (Å²) in [4.78, 5) is 10.7. The van der Waals surface area contributed by atoms with E-state index in [0.717, 1.165) is 27.1 Å². The van der Waals surface area contributed by atoms with Crippen molar-refractivity contribution >= 4 is 21.5 Å². The molecule has 3 nitrogen and oxygen atoms in total. The van der Waals surface area contributed by atoms with Crippen molar-refractivity contribution in [1.29, 1.82) is 0 Å². The molecule has 0 N–H and O–H groups in total. The molecule has 0 aromatic heterocycles. The summed E-state index contributed by atoms with van der Waals surface area (Å²) in [6, 6.07) is 15.8. The smallest absolute Gasteiger partial charge is 0.230 e. The summed E-state index contributed by atoms with van der Waals surface area (Å²) in [6.45, 7) is 1.93. The molecule has 94 valence electrons. The van der Waals surface area contributed by atoms with Gasteiger partial charge in [-0.25, -0.2) is 0 Å². The quantitative estimate of drug-likeness (QED) is 0.391. The summed E-state index contributed by atoms with van der Waals surface area (Å²) < 4.78 is 0. The van der Waals surface area contributed by atoms with Gasteiger partial charge in [0.15, 0.2) is 0 Å². The Bertz CT molecular complexity index is 736. The SMILES string of the molecule is Cc1c2ccccc2c(C[N+](=O)[O-])c2ccccc12. The third-order valence-corrected chi connectivity index (χ3v) is 3.60. The van der Waals surface area contributed by atoms with Gasteiger partial charge in [-0.1, -0.05) is 48.5 Å². The lowest BCUT2D eigenvalue weighted by atomic mass is 9.92. The van der Waals surface area contributed by atoms with Crippen molar-refractivity contribution in [3.8, 4) is 0 Å². The summed E-state index contributed by atoms with van der Waals surface area (Å²) in [6.07, 6.45) is 0. The van der Waals surface area contributed by atoms with Crippen LogP contribution in [0.1, 0.15) is 11.1 Å². The van der Waals surface area contributed by atoms with Gasteiger partial charge in [0.1, 0.15) is 0 Å². The topological polar surface area (TPSA) is 43.1 Å². The van der Waals surface area contributed by atoms with Gasteiger partial charge in [0.2, 0.25) is 6.54 Å². The molecule has 3 rings (SSSR count). The second-order valence-electron chi connectivity index (χ2n) is 4.69. The molecule has 0 unspecified atom stereocenters. The molecule has 0 heterocycles. The molecule has 0 bridgehead atoms. The molecule has 19 heavy (non-hydrogen) atoms. The largest absolute Gasteiger partial charge is 0.264 e. The van der Waals surface area contributed by atoms with E-state index in [-0.39, 0.29) is 11.5 Å². The van der Waals surface area contributed by atoms with Gasteiger partial charge >= 0.3 is 0 Å². The number of hydrogen-bond acceptors (Lipinski definition) is 2. The van der Waals surface area contributed by atoms with E-state index in [4.69, 9.17) is 0 Å². The molecule has 0 spiro atoms. The normalized spacial score (nSPS) is 11.0. The van der Waals surface area contributed by atoms with Crippen LogP contribution in [0.3, 0.4) is 0 Å². The number of fused-ring (bicyclic) bond motifs is 2. The Kier molecular flexibility index (Phi) is 2.67. The predicted octanol–water partition coefficient (Wildman–Crippen LogP) is 4.08. The summed E-state index contributed by atoms with van der Waals surface area (Å²) >= 11 is 0. The molecular weight excluding hydrogens is 238 g/mol. The van der Waals surface area contributed by atoms with Gasteiger partial charge in [-0.2, -0.15) is 0 Å². The first kappa shape index (κ1) is 11.7. The highest BCUT2D eigenvalue weighted by molar-refractivity contribution is 6.05. The summed E-state index contributed by atoms with van der Waals surface area (Å²) in [7, 11) is 0. The van der Waals surface area contributed by atoms with Crippen LogP contribution in [0.15, 0.2) is 48.5 Å². The third-order valence-electron chi connectivity index (χ3n) is 3.60. The Hall–Kier alpha value is -2.42. The van der Waals surface area contributed by atoms with E-state index >= 15 is 0 Å². The van der Waals surface area contributed by atoms with Crippen molar-refractivity contribution in [2.45, 2.75) is 13.5 Å². The second kappa shape index (κ2) is 4.35. The highest BCUT2D eigenvalue weighted by atomic mass is 16.6. The Balaban J connectivity index is 2.52. The molecule has 3 aromatic rings. The van der Waals surface area contributed by atoms with Crippen LogP contribution in [0, 0.1) is 17.0 Å². The molecule has 3 aromatic carbocycles. The lowest BCUT2D eigenvalue weighted by molar-refractivity contribution is -0.496. The Morgan fingerprint density at radius 3 is 1.74 bits per heavy atom. The van der Waals surface area contributed by atoms with Crippen molar-refractivity contribution in [3.63, 3.8) is 0 Å². The maximum Gasteiger partial charge on any atom is 0.230 e. The molecule has 0 saturated heterocycles. The molecule has 0 aliphatic rings. The van der Waals surface area contributed by atoms with Gasteiger partial charge in [-0.05, 0) is 34.0 Å². The minimum Gasteiger partial charge on any atom is -0.264 e. The fourth-order valence-corrected chi connectivity index (χ4v) is 2.74. The zero-order valence-corrected chi connectivity index (χ0v) is 10.6. The van der Waals surface area contributed by atoms with Gasteiger partial charge < -0.3 is 0 Å². The molecule has 0 fully saturated rings. The van der Waals surface area contributed by atoms with Crippen molar-refractivity contribution in [2.24, 2.45) is 0 Å². The first-order chi connectivity index (χ1) is 9.18. The molecule has 0 atom stereocenters. The standard InChI is InChI=1S/C16H13NO2/c1-11-12-6-2-4-8-14(12)16(10-17(18)19)15-9-5-3-7-13(11)15/h2-9H,10H2,1H3. The van der Waals surface area contributed by atoms with Crippen LogP contribution in [0.25, 0.3) is 21.5 Å². The predicted molar refractivity (Wildman–Crippen MR) is 76.9 cm³/mol. The number of hydrogen-bond donors (Lipinski definition) is 0. The molecule has 0 aliphatic heterocycles. The summed E-state index contributed by atoms with van der Waals surface area (Å²) in [5.41, 5.74) is 1.99. The third kappa shape index (κ3) is 1.83. The van der Waals surface area contributed by atoms with E-state index in [2.05, 4.69) is 6.92 Å². The van der Waals surface area contributed by atoms with E-state index in [0.29, 0.717) is 0 Å². The van der Waals surface area contributed by atoms with Crippen LogP contribution < -0.4 is 0 Å². The first-order valence-corrected chi connectivity index (χ1v) is 6.19. The number of aryl methyl sites for hydroxylation is 1. The van der Waals surface area contributed by atoms with Gasteiger partial charge in [0, 0.05) is 10.5 Å². The highest BCUT2D eigenvalue weighted by Gasteiger charge is 2.14. The van der Waals surface area contributed by atoms with Crippen molar-refractivity contribution in [3.05, 3.63) is 69.8 Å². The van der Waals surface area contributed by atoms with E-state index in [1.807, 2.05) is 48.5 Å². The van der Waals surface area contributed by atoms with Gasteiger partial charge in [-0.15, -0.1) is 0 Å². The Morgan fingerprint density at radius 1 is 0.895 bits per heavy atom. The molecule has 0 aliphatic carbocycles. The molecule has 0 radical (unpaired) electrons. The van der Waals surface area contributed by atoms with E-state index < -0.39 is 0 Å². The van der Waals surface area contributed by atoms with Gasteiger partial charge in [-0.3, -0.25) is 10.1 Å². The lowest BCUT2D eigenvalue weighted by Gasteiger charge is -2.12. The highest BCUT2D eigenvalue weighted by Crippen LogP contribution is 2.32. The Morgan fingerprint density at radius 2 is 1.32 bits per heavy atom. The van der Waals surface area contributed by atoms with Crippen molar-refractivity contribution < 1.29 is 4.92 Å². The monoisotopic (exact) mass is 251 g/mol. The van der Waals surface area contributed by atoms with Crippen LogP contribution in [-0.4, -0.2) is 4.92 Å². The fraction of sp³-hybridized carbons (Fsp3) is 0.125. The minimum atomic E-state index is -0.260. The van der Waals surface area contributed by atoms with Crippen LogP contribution >= 0.6 is 0 Å². The van der Waals surface area contributed by atoms with E-state index in [1.54, 1.807) is 0 Å². The molecular formula is C16H13NO2. The average molecular weight is 251 g/mol. The molecule has 3 heteroatoms. The van der Waals surface area contributed by atoms with Crippen LogP contribution in [-0.2, 0) is 6.54 Å². The second-order valence-corrected chi connectivity index (χ2v) is 4.69. The lowest BCUT2D eigenvalue weighted by Crippen LogP contribution is -2.01. The zero-order chi connectivity index (χ0) is 13.4. The molecule has 0 saturated carbocycles. The van der Waals surface area contributed by atoms with Crippen molar-refractivity contribution in [2.75, 3.05) is 0 Å². The maximum atomic E-state index is 10.9. The van der Waals surface area contributed by atoms with Crippen LogP contribution in [0.4, 0.5) is 0 Å². The average Bonchev–Trinajstić information content (AvgIpc) is 2.43. The number of nitro groups is 1. The van der Waals surface area contributed by atoms with E-state index in [9.17, 15) is 10.1 Å². The van der Waals surface area contributed by atoms with Crippen molar-refractivity contribution in [1.82, 2.24) is 0 Å². The Labute approximate surface area is 110 Å². The molecule has 0 amide bonds. The fourth-order valence-electron chi connectivity index (χ4n) is 2.74. The van der Waals surface area contributed by atoms with Gasteiger partial charge in [0.25, 0.3) is 0 Å². The van der Waals surface area contributed by atoms with Crippen LogP contribution in [0.5, 0.6) is 0 Å². The number of nitrogens with zero attached hydrogens (tertiary/aromatic N) is 1. The maximum absolute atomic E-state index is 10.9. The first-order valence-electron chi connectivity index (χ1n) is 6.19. The summed E-state index contributed by atoms with van der Waals surface area (Å²) in [5.74, 6) is 0. The number of rotatable bonds is 2. The minimum absolute atomic E-state index is 0.138. The summed E-state index contributed by atoms with van der Waals surface area (Å²) in [5, 5.41) is 15.1. The van der Waals surface area contributed by atoms with Gasteiger partial charge in [0.05, 0.1) is 0 Å². The zero-order valence-electron chi connectivity index (χ0n) is 10.6.